The molecule has 1 atom stereocenters. The van der Waals surface area contributed by atoms with Crippen molar-refractivity contribution in [2.24, 2.45) is 5.92 Å². The molecule has 0 radical (unpaired) electrons. The van der Waals surface area contributed by atoms with E-state index in [-0.39, 0.29) is 16.8 Å². The Morgan fingerprint density at radius 1 is 1.18 bits per heavy atom. The maximum absolute atomic E-state index is 12.3. The summed E-state index contributed by atoms with van der Waals surface area (Å²) in [5.41, 5.74) is 0. The van der Waals surface area contributed by atoms with E-state index in [1.54, 1.807) is 30.3 Å². The van der Waals surface area contributed by atoms with Crippen molar-refractivity contribution < 1.29 is 13.2 Å². The highest BCUT2D eigenvalue weighted by molar-refractivity contribution is 7.89. The molecule has 1 amide bonds. The first-order valence-corrected chi connectivity index (χ1v) is 9.00. The Kier molecular flexibility index (Phi) is 7.03. The second-order valence-electron chi connectivity index (χ2n) is 5.84. The quantitative estimate of drug-likeness (QED) is 0.797. The molecule has 0 spiro atoms. The minimum Gasteiger partial charge on any atom is -0.353 e. The molecule has 124 valence electrons. The van der Waals surface area contributed by atoms with Gasteiger partial charge in [-0.05, 0) is 31.4 Å². The molecule has 0 aliphatic carbocycles. The molecular formula is C16H26N2O3S. The third kappa shape index (κ3) is 5.42. The van der Waals surface area contributed by atoms with E-state index in [2.05, 4.69) is 5.32 Å². The van der Waals surface area contributed by atoms with Gasteiger partial charge in [-0.25, -0.2) is 12.7 Å². The van der Waals surface area contributed by atoms with E-state index >= 15 is 0 Å². The molecule has 5 nitrogen and oxygen atoms in total. The van der Waals surface area contributed by atoms with E-state index in [0.717, 1.165) is 0 Å². The first kappa shape index (κ1) is 18.6. The SMILES string of the molecule is CC(C)[C@H](C)NC(=O)CCCN(C)S(=O)(=O)c1ccccc1. The van der Waals surface area contributed by atoms with Crippen LogP contribution < -0.4 is 5.32 Å². The lowest BCUT2D eigenvalue weighted by atomic mass is 10.1. The van der Waals surface area contributed by atoms with E-state index in [1.165, 1.54) is 11.4 Å². The molecule has 0 unspecified atom stereocenters. The number of sulfonamides is 1. The zero-order chi connectivity index (χ0) is 16.8. The number of rotatable bonds is 8. The van der Waals surface area contributed by atoms with Gasteiger partial charge in [0.1, 0.15) is 0 Å². The van der Waals surface area contributed by atoms with E-state index in [0.29, 0.717) is 25.3 Å². The summed E-state index contributed by atoms with van der Waals surface area (Å²) in [5, 5.41) is 2.92. The summed E-state index contributed by atoms with van der Waals surface area (Å²) in [6, 6.07) is 8.44. The Morgan fingerprint density at radius 3 is 2.32 bits per heavy atom. The summed E-state index contributed by atoms with van der Waals surface area (Å²) < 4.78 is 25.9. The van der Waals surface area contributed by atoms with Crippen LogP contribution in [0.4, 0.5) is 0 Å². The molecular weight excluding hydrogens is 300 g/mol. The largest absolute Gasteiger partial charge is 0.353 e. The number of carbonyl (C=O) groups is 1. The molecule has 1 rings (SSSR count). The Bertz CT molecular complexity index is 570. The van der Waals surface area contributed by atoms with Gasteiger partial charge in [0.2, 0.25) is 15.9 Å². The Balaban J connectivity index is 2.47. The van der Waals surface area contributed by atoms with Gasteiger partial charge in [-0.15, -0.1) is 0 Å². The summed E-state index contributed by atoms with van der Waals surface area (Å²) >= 11 is 0. The smallest absolute Gasteiger partial charge is 0.242 e. The average molecular weight is 326 g/mol. The van der Waals surface area contributed by atoms with Crippen molar-refractivity contribution in [1.82, 2.24) is 9.62 Å². The van der Waals surface area contributed by atoms with Crippen molar-refractivity contribution in [3.8, 4) is 0 Å². The minimum atomic E-state index is -3.47. The van der Waals surface area contributed by atoms with Crippen LogP contribution in [0.2, 0.25) is 0 Å². The van der Waals surface area contributed by atoms with Gasteiger partial charge in [0, 0.05) is 26.1 Å². The lowest BCUT2D eigenvalue weighted by Gasteiger charge is -2.19. The molecule has 22 heavy (non-hydrogen) atoms. The summed E-state index contributed by atoms with van der Waals surface area (Å²) in [6.07, 6.45) is 0.824. The molecule has 0 fully saturated rings. The van der Waals surface area contributed by atoms with Gasteiger partial charge in [0.15, 0.2) is 0 Å². The zero-order valence-corrected chi connectivity index (χ0v) is 14.6. The third-order valence-electron chi connectivity index (χ3n) is 3.72. The van der Waals surface area contributed by atoms with Gasteiger partial charge >= 0.3 is 0 Å². The van der Waals surface area contributed by atoms with E-state index in [9.17, 15) is 13.2 Å². The van der Waals surface area contributed by atoms with Crippen molar-refractivity contribution in [2.45, 2.75) is 44.6 Å². The lowest BCUT2D eigenvalue weighted by molar-refractivity contribution is -0.122. The zero-order valence-electron chi connectivity index (χ0n) is 13.7. The Labute approximate surface area is 133 Å². The van der Waals surface area contributed by atoms with Crippen molar-refractivity contribution >= 4 is 15.9 Å². The first-order chi connectivity index (χ1) is 10.2. The Hall–Kier alpha value is -1.40. The molecule has 0 bridgehead atoms. The number of amides is 1. The number of nitrogens with zero attached hydrogens (tertiary/aromatic N) is 1. The van der Waals surface area contributed by atoms with Crippen LogP contribution in [0.1, 0.15) is 33.6 Å². The fraction of sp³-hybridized carbons (Fsp3) is 0.562. The third-order valence-corrected chi connectivity index (χ3v) is 5.59. The van der Waals surface area contributed by atoms with Crippen LogP contribution in [-0.4, -0.2) is 38.3 Å². The van der Waals surface area contributed by atoms with Crippen LogP contribution in [0.5, 0.6) is 0 Å². The molecule has 0 heterocycles. The standard InChI is InChI=1S/C16H26N2O3S/c1-13(2)14(3)17-16(19)11-8-12-18(4)22(20,21)15-9-6-5-7-10-15/h5-7,9-10,13-14H,8,11-12H2,1-4H3,(H,17,19)/t14-/m0/s1. The van der Waals surface area contributed by atoms with Gasteiger partial charge in [0.25, 0.3) is 0 Å². The van der Waals surface area contributed by atoms with Crippen molar-refractivity contribution in [2.75, 3.05) is 13.6 Å². The van der Waals surface area contributed by atoms with Gasteiger partial charge in [-0.2, -0.15) is 0 Å². The van der Waals surface area contributed by atoms with E-state index in [1.807, 2.05) is 20.8 Å². The number of hydrogen-bond acceptors (Lipinski definition) is 3. The van der Waals surface area contributed by atoms with Gasteiger partial charge in [-0.1, -0.05) is 32.0 Å². The second-order valence-corrected chi connectivity index (χ2v) is 7.89. The second kappa shape index (κ2) is 8.29. The molecule has 1 aromatic rings. The van der Waals surface area contributed by atoms with Crippen LogP contribution in [0.15, 0.2) is 35.2 Å². The highest BCUT2D eigenvalue weighted by atomic mass is 32.2. The monoisotopic (exact) mass is 326 g/mol. The van der Waals surface area contributed by atoms with E-state index in [4.69, 9.17) is 0 Å². The Morgan fingerprint density at radius 2 is 1.77 bits per heavy atom. The van der Waals surface area contributed by atoms with Gasteiger partial charge < -0.3 is 5.32 Å². The maximum Gasteiger partial charge on any atom is 0.242 e. The minimum absolute atomic E-state index is 0.0355. The molecule has 1 aromatic carbocycles. The van der Waals surface area contributed by atoms with Gasteiger partial charge in [0.05, 0.1) is 4.90 Å². The van der Waals surface area contributed by atoms with Crippen LogP contribution in [0, 0.1) is 5.92 Å². The number of nitrogens with one attached hydrogen (secondary N) is 1. The topological polar surface area (TPSA) is 66.5 Å². The number of carbonyl (C=O) groups excluding carboxylic acids is 1. The summed E-state index contributed by atoms with van der Waals surface area (Å²) in [5.74, 6) is 0.344. The highest BCUT2D eigenvalue weighted by Gasteiger charge is 2.20. The fourth-order valence-electron chi connectivity index (χ4n) is 1.85. The number of benzene rings is 1. The van der Waals surface area contributed by atoms with Crippen molar-refractivity contribution in [1.29, 1.82) is 0 Å². The van der Waals surface area contributed by atoms with Crippen LogP contribution >= 0.6 is 0 Å². The molecule has 0 aliphatic rings. The molecule has 0 saturated heterocycles. The molecule has 6 heteroatoms. The normalized spacial score (nSPS) is 13.4. The van der Waals surface area contributed by atoms with Gasteiger partial charge in [-0.3, -0.25) is 4.79 Å². The molecule has 1 N–H and O–H groups in total. The predicted molar refractivity (Wildman–Crippen MR) is 87.9 cm³/mol. The fourth-order valence-corrected chi connectivity index (χ4v) is 3.08. The summed E-state index contributed by atoms with van der Waals surface area (Å²) in [7, 11) is -1.93. The molecule has 0 aliphatic heterocycles. The maximum atomic E-state index is 12.3. The predicted octanol–water partition coefficient (Wildman–Crippen LogP) is 2.25. The number of hydrogen-bond donors (Lipinski definition) is 1. The molecule has 0 saturated carbocycles. The molecule has 0 aromatic heterocycles. The van der Waals surface area contributed by atoms with Crippen molar-refractivity contribution in [3.05, 3.63) is 30.3 Å². The highest BCUT2D eigenvalue weighted by Crippen LogP contribution is 2.14. The lowest BCUT2D eigenvalue weighted by Crippen LogP contribution is -2.36. The average Bonchev–Trinajstić information content (AvgIpc) is 2.47. The summed E-state index contributed by atoms with van der Waals surface area (Å²) in [6.45, 7) is 6.38. The first-order valence-electron chi connectivity index (χ1n) is 7.56. The van der Waals surface area contributed by atoms with Crippen LogP contribution in [-0.2, 0) is 14.8 Å². The van der Waals surface area contributed by atoms with Crippen LogP contribution in [0.25, 0.3) is 0 Å². The summed E-state index contributed by atoms with van der Waals surface area (Å²) in [4.78, 5) is 12.1. The van der Waals surface area contributed by atoms with Crippen LogP contribution in [0.3, 0.4) is 0 Å². The van der Waals surface area contributed by atoms with E-state index < -0.39 is 10.0 Å². The van der Waals surface area contributed by atoms with Crippen molar-refractivity contribution in [3.63, 3.8) is 0 Å².